The summed E-state index contributed by atoms with van der Waals surface area (Å²) >= 11 is 0. The van der Waals surface area contributed by atoms with Gasteiger partial charge in [0.05, 0.1) is 5.84 Å². The molecule has 1 unspecified atom stereocenters. The lowest BCUT2D eigenvalue weighted by atomic mass is 10.2. The van der Waals surface area contributed by atoms with Crippen molar-refractivity contribution in [1.82, 2.24) is 4.90 Å². The molecule has 0 saturated carbocycles. The molecule has 0 aromatic carbocycles. The average molecular weight is 211 g/mol. The lowest BCUT2D eigenvalue weighted by Gasteiger charge is -2.18. The standard InChI is InChI=1S/C11H21N3O/c1-8(2)10(12)13-9(3)11(15)14-6-4-5-7-14/h8-9H,4-7H2,1-3H3,(H2,12,13). The quantitative estimate of drug-likeness (QED) is 0.559. The van der Waals surface area contributed by atoms with E-state index in [4.69, 9.17) is 5.73 Å². The van der Waals surface area contributed by atoms with Crippen molar-refractivity contribution < 1.29 is 4.79 Å². The lowest BCUT2D eigenvalue weighted by Crippen LogP contribution is -2.36. The highest BCUT2D eigenvalue weighted by molar-refractivity contribution is 5.88. The van der Waals surface area contributed by atoms with Crippen molar-refractivity contribution in [2.75, 3.05) is 13.1 Å². The number of nitrogens with two attached hydrogens (primary N) is 1. The van der Waals surface area contributed by atoms with Crippen LogP contribution in [-0.4, -0.2) is 35.8 Å². The summed E-state index contributed by atoms with van der Waals surface area (Å²) < 4.78 is 0. The highest BCUT2D eigenvalue weighted by Crippen LogP contribution is 2.10. The topological polar surface area (TPSA) is 58.7 Å². The normalized spacial score (nSPS) is 19.7. The first-order valence-electron chi connectivity index (χ1n) is 5.64. The highest BCUT2D eigenvalue weighted by Gasteiger charge is 2.22. The Morgan fingerprint density at radius 2 is 1.80 bits per heavy atom. The van der Waals surface area contributed by atoms with Crippen LogP contribution in [-0.2, 0) is 4.79 Å². The number of carbonyl (C=O) groups excluding carboxylic acids is 1. The molecule has 4 nitrogen and oxygen atoms in total. The summed E-state index contributed by atoms with van der Waals surface area (Å²) in [6, 6.07) is -0.328. The Bertz CT molecular complexity index is 255. The summed E-state index contributed by atoms with van der Waals surface area (Å²) in [5.74, 6) is 0.880. The summed E-state index contributed by atoms with van der Waals surface area (Å²) in [4.78, 5) is 18.0. The number of aliphatic imine (C=N–C) groups is 1. The van der Waals surface area contributed by atoms with Gasteiger partial charge in [0.25, 0.3) is 0 Å². The van der Waals surface area contributed by atoms with Gasteiger partial charge in [-0.15, -0.1) is 0 Å². The van der Waals surface area contributed by atoms with Crippen LogP contribution < -0.4 is 5.73 Å². The van der Waals surface area contributed by atoms with E-state index in [2.05, 4.69) is 4.99 Å². The monoisotopic (exact) mass is 211 g/mol. The van der Waals surface area contributed by atoms with Crippen LogP contribution >= 0.6 is 0 Å². The Balaban J connectivity index is 2.55. The van der Waals surface area contributed by atoms with Gasteiger partial charge in [-0.05, 0) is 19.8 Å². The molecule has 0 aromatic heterocycles. The minimum absolute atomic E-state index is 0.108. The molecule has 1 heterocycles. The van der Waals surface area contributed by atoms with Crippen molar-refractivity contribution >= 4 is 11.7 Å². The van der Waals surface area contributed by atoms with Gasteiger partial charge >= 0.3 is 0 Å². The highest BCUT2D eigenvalue weighted by atomic mass is 16.2. The van der Waals surface area contributed by atoms with Gasteiger partial charge < -0.3 is 10.6 Å². The van der Waals surface area contributed by atoms with Crippen molar-refractivity contribution in [1.29, 1.82) is 0 Å². The molecule has 1 rings (SSSR count). The molecule has 1 aliphatic heterocycles. The molecule has 0 aromatic rings. The Labute approximate surface area is 91.5 Å². The third kappa shape index (κ3) is 3.22. The second-order valence-corrected chi connectivity index (χ2v) is 4.42. The zero-order valence-electron chi connectivity index (χ0n) is 9.86. The molecule has 0 spiro atoms. The van der Waals surface area contributed by atoms with Crippen molar-refractivity contribution in [2.24, 2.45) is 16.6 Å². The predicted octanol–water partition coefficient (Wildman–Crippen LogP) is 1.01. The fourth-order valence-corrected chi connectivity index (χ4v) is 1.63. The van der Waals surface area contributed by atoms with Crippen LogP contribution in [0, 0.1) is 5.92 Å². The summed E-state index contributed by atoms with van der Waals surface area (Å²) in [6.07, 6.45) is 2.23. The van der Waals surface area contributed by atoms with Crippen molar-refractivity contribution in [3.63, 3.8) is 0 Å². The van der Waals surface area contributed by atoms with Gasteiger partial charge in [0.1, 0.15) is 6.04 Å². The number of amides is 1. The van der Waals surface area contributed by atoms with Gasteiger partial charge in [-0.2, -0.15) is 0 Å². The molecular formula is C11H21N3O. The first kappa shape index (κ1) is 12.0. The molecule has 15 heavy (non-hydrogen) atoms. The average Bonchev–Trinajstić information content (AvgIpc) is 2.68. The minimum Gasteiger partial charge on any atom is -0.387 e. The van der Waals surface area contributed by atoms with Gasteiger partial charge in [0.2, 0.25) is 5.91 Å². The second kappa shape index (κ2) is 5.14. The smallest absolute Gasteiger partial charge is 0.247 e. The first-order valence-corrected chi connectivity index (χ1v) is 5.64. The molecule has 0 radical (unpaired) electrons. The van der Waals surface area contributed by atoms with Gasteiger partial charge in [0, 0.05) is 19.0 Å². The number of nitrogens with zero attached hydrogens (tertiary/aromatic N) is 2. The number of hydrogen-bond donors (Lipinski definition) is 1. The molecule has 0 aliphatic carbocycles. The Morgan fingerprint density at radius 3 is 2.27 bits per heavy atom. The van der Waals surface area contributed by atoms with Crippen LogP contribution in [0.1, 0.15) is 33.6 Å². The van der Waals surface area contributed by atoms with Gasteiger partial charge in [-0.25, -0.2) is 0 Å². The van der Waals surface area contributed by atoms with E-state index in [0.29, 0.717) is 5.84 Å². The van der Waals surface area contributed by atoms with Crippen LogP contribution in [0.5, 0.6) is 0 Å². The fraction of sp³-hybridized carbons (Fsp3) is 0.818. The molecule has 2 N–H and O–H groups in total. The summed E-state index contributed by atoms with van der Waals surface area (Å²) in [7, 11) is 0. The number of likely N-dealkylation sites (tertiary alicyclic amines) is 1. The van der Waals surface area contributed by atoms with Crippen LogP contribution in [0.25, 0.3) is 0 Å². The minimum atomic E-state index is -0.328. The summed E-state index contributed by atoms with van der Waals surface area (Å²) in [5.41, 5.74) is 5.73. The number of carbonyl (C=O) groups is 1. The molecule has 4 heteroatoms. The SMILES string of the molecule is CC(C)C(N)=NC(C)C(=O)N1CCCC1. The molecule has 1 fully saturated rings. The summed E-state index contributed by atoms with van der Waals surface area (Å²) in [5, 5.41) is 0. The molecule has 1 saturated heterocycles. The van der Waals surface area contributed by atoms with E-state index in [9.17, 15) is 4.79 Å². The van der Waals surface area contributed by atoms with Crippen molar-refractivity contribution in [3.05, 3.63) is 0 Å². The third-order valence-corrected chi connectivity index (χ3v) is 2.71. The molecule has 86 valence electrons. The van der Waals surface area contributed by atoms with Gasteiger partial charge in [-0.1, -0.05) is 13.8 Å². The van der Waals surface area contributed by atoms with Crippen molar-refractivity contribution in [3.8, 4) is 0 Å². The van der Waals surface area contributed by atoms with E-state index in [0.717, 1.165) is 25.9 Å². The van der Waals surface area contributed by atoms with Crippen LogP contribution in [0.3, 0.4) is 0 Å². The maximum absolute atomic E-state index is 11.9. The zero-order chi connectivity index (χ0) is 11.4. The predicted molar refractivity (Wildman–Crippen MR) is 61.7 cm³/mol. The Kier molecular flexibility index (Phi) is 4.12. The number of amidine groups is 1. The first-order chi connectivity index (χ1) is 7.02. The van der Waals surface area contributed by atoms with E-state index in [1.165, 1.54) is 0 Å². The number of hydrogen-bond acceptors (Lipinski definition) is 2. The third-order valence-electron chi connectivity index (χ3n) is 2.71. The zero-order valence-corrected chi connectivity index (χ0v) is 9.86. The van der Waals surface area contributed by atoms with E-state index in [1.807, 2.05) is 25.7 Å². The summed E-state index contributed by atoms with van der Waals surface area (Å²) in [6.45, 7) is 7.52. The largest absolute Gasteiger partial charge is 0.387 e. The maximum atomic E-state index is 11.9. The molecular weight excluding hydrogens is 190 g/mol. The Hall–Kier alpha value is -1.06. The van der Waals surface area contributed by atoms with Gasteiger partial charge in [0.15, 0.2) is 0 Å². The van der Waals surface area contributed by atoms with Crippen LogP contribution in [0.2, 0.25) is 0 Å². The van der Waals surface area contributed by atoms with Crippen LogP contribution in [0.4, 0.5) is 0 Å². The molecule has 1 aliphatic rings. The van der Waals surface area contributed by atoms with E-state index in [-0.39, 0.29) is 17.9 Å². The molecule has 1 atom stereocenters. The molecule has 1 amide bonds. The molecule has 0 bridgehead atoms. The van der Waals surface area contributed by atoms with E-state index in [1.54, 1.807) is 0 Å². The maximum Gasteiger partial charge on any atom is 0.247 e. The van der Waals surface area contributed by atoms with E-state index < -0.39 is 0 Å². The second-order valence-electron chi connectivity index (χ2n) is 4.42. The van der Waals surface area contributed by atoms with Crippen LogP contribution in [0.15, 0.2) is 4.99 Å². The Morgan fingerprint density at radius 1 is 1.27 bits per heavy atom. The van der Waals surface area contributed by atoms with Gasteiger partial charge in [-0.3, -0.25) is 9.79 Å². The number of rotatable bonds is 3. The van der Waals surface area contributed by atoms with E-state index >= 15 is 0 Å². The lowest BCUT2D eigenvalue weighted by molar-refractivity contribution is -0.131. The fourth-order valence-electron chi connectivity index (χ4n) is 1.63. The van der Waals surface area contributed by atoms with Crippen molar-refractivity contribution in [2.45, 2.75) is 39.7 Å².